The molecule has 0 aliphatic heterocycles. The Balaban J connectivity index is 2.04. The lowest BCUT2D eigenvalue weighted by atomic mass is 10.0. The number of rotatable bonds is 4. The van der Waals surface area contributed by atoms with E-state index in [1.54, 1.807) is 16.6 Å². The average molecular weight is 371 g/mol. The second kappa shape index (κ2) is 7.08. The van der Waals surface area contributed by atoms with Crippen LogP contribution in [-0.4, -0.2) is 32.6 Å². The Hall–Kier alpha value is -2.40. The van der Waals surface area contributed by atoms with Crippen molar-refractivity contribution in [1.29, 1.82) is 0 Å². The van der Waals surface area contributed by atoms with E-state index in [1.165, 1.54) is 0 Å². The van der Waals surface area contributed by atoms with Crippen LogP contribution in [0.25, 0.3) is 11.0 Å². The average Bonchev–Trinajstić information content (AvgIpc) is 2.87. The van der Waals surface area contributed by atoms with Crippen LogP contribution in [0.5, 0.6) is 0 Å². The number of fused-ring (bicyclic) bond motifs is 1. The van der Waals surface area contributed by atoms with E-state index in [4.69, 9.17) is 16.6 Å². The maximum atomic E-state index is 13.2. The Labute approximate surface area is 158 Å². The molecule has 0 saturated heterocycles. The molecule has 0 spiro atoms. The zero-order chi connectivity index (χ0) is 19.0. The minimum absolute atomic E-state index is 0.0459. The van der Waals surface area contributed by atoms with E-state index in [2.05, 4.69) is 18.9 Å². The molecule has 0 saturated carbocycles. The topological polar surface area (TPSA) is 51.0 Å². The Morgan fingerprint density at radius 1 is 1.31 bits per heavy atom. The summed E-state index contributed by atoms with van der Waals surface area (Å²) in [5, 5.41) is 5.94. The van der Waals surface area contributed by atoms with Gasteiger partial charge in [-0.2, -0.15) is 5.10 Å². The molecule has 136 valence electrons. The van der Waals surface area contributed by atoms with Crippen LogP contribution in [-0.2, 0) is 13.6 Å². The summed E-state index contributed by atoms with van der Waals surface area (Å²) in [7, 11) is 3.66. The molecule has 0 fully saturated rings. The minimum Gasteiger partial charge on any atom is -0.337 e. The van der Waals surface area contributed by atoms with Gasteiger partial charge in [0.2, 0.25) is 0 Å². The van der Waals surface area contributed by atoms with E-state index < -0.39 is 0 Å². The zero-order valence-corrected chi connectivity index (χ0v) is 16.5. The Bertz CT molecular complexity index is 977. The van der Waals surface area contributed by atoms with E-state index >= 15 is 0 Å². The van der Waals surface area contributed by atoms with Crippen LogP contribution in [0.1, 0.15) is 47.1 Å². The number of pyridine rings is 1. The molecule has 0 aliphatic rings. The molecular formula is C20H23ClN4O. The highest BCUT2D eigenvalue weighted by molar-refractivity contribution is 6.30. The molecule has 0 radical (unpaired) electrons. The summed E-state index contributed by atoms with van der Waals surface area (Å²) in [5.74, 6) is 0.176. The molecule has 3 aromatic rings. The summed E-state index contributed by atoms with van der Waals surface area (Å²) < 4.78 is 1.74. The van der Waals surface area contributed by atoms with E-state index in [9.17, 15) is 4.79 Å². The van der Waals surface area contributed by atoms with Crippen molar-refractivity contribution in [3.63, 3.8) is 0 Å². The van der Waals surface area contributed by atoms with Gasteiger partial charge in [0.25, 0.3) is 5.91 Å². The lowest BCUT2D eigenvalue weighted by Crippen LogP contribution is -2.26. The second-order valence-electron chi connectivity index (χ2n) is 6.95. The molecule has 1 amide bonds. The number of carbonyl (C=O) groups is 1. The van der Waals surface area contributed by atoms with Gasteiger partial charge in [-0.15, -0.1) is 0 Å². The van der Waals surface area contributed by atoms with Gasteiger partial charge in [-0.3, -0.25) is 9.48 Å². The third kappa shape index (κ3) is 3.44. The van der Waals surface area contributed by atoms with Crippen molar-refractivity contribution >= 4 is 28.5 Å². The lowest BCUT2D eigenvalue weighted by molar-refractivity contribution is 0.0787. The van der Waals surface area contributed by atoms with Gasteiger partial charge in [0, 0.05) is 31.4 Å². The fourth-order valence-electron chi connectivity index (χ4n) is 3.12. The Morgan fingerprint density at radius 3 is 2.69 bits per heavy atom. The molecule has 5 nitrogen and oxygen atoms in total. The van der Waals surface area contributed by atoms with Crippen molar-refractivity contribution in [3.8, 4) is 0 Å². The van der Waals surface area contributed by atoms with Crippen LogP contribution in [0.3, 0.4) is 0 Å². The van der Waals surface area contributed by atoms with Crippen molar-refractivity contribution in [2.45, 2.75) is 33.2 Å². The molecule has 0 aliphatic carbocycles. The summed E-state index contributed by atoms with van der Waals surface area (Å²) in [5.41, 5.74) is 4.08. The smallest absolute Gasteiger partial charge is 0.254 e. The zero-order valence-electron chi connectivity index (χ0n) is 15.7. The molecule has 0 unspecified atom stereocenters. The van der Waals surface area contributed by atoms with E-state index in [1.807, 2.05) is 44.3 Å². The maximum Gasteiger partial charge on any atom is 0.254 e. The molecule has 2 heterocycles. The quantitative estimate of drug-likeness (QED) is 0.687. The maximum absolute atomic E-state index is 13.2. The number of aryl methyl sites for hydroxylation is 2. The van der Waals surface area contributed by atoms with E-state index in [-0.39, 0.29) is 11.8 Å². The summed E-state index contributed by atoms with van der Waals surface area (Å²) in [4.78, 5) is 19.6. The number of nitrogens with zero attached hydrogens (tertiary/aromatic N) is 4. The van der Waals surface area contributed by atoms with Gasteiger partial charge in [0.1, 0.15) is 0 Å². The SMILES string of the molecule is Cc1nn(C)c2nc(C(C)C)cc(C(=O)N(C)Cc3cccc(Cl)c3)c12. The number of halogens is 1. The first kappa shape index (κ1) is 18.4. The molecule has 0 N–H and O–H groups in total. The molecule has 3 rings (SSSR count). The third-order valence-electron chi connectivity index (χ3n) is 4.47. The summed E-state index contributed by atoms with van der Waals surface area (Å²) in [6.07, 6.45) is 0. The summed E-state index contributed by atoms with van der Waals surface area (Å²) in [6.45, 7) is 6.54. The molecular weight excluding hydrogens is 348 g/mol. The largest absolute Gasteiger partial charge is 0.337 e. The van der Waals surface area contributed by atoms with Gasteiger partial charge in [-0.25, -0.2) is 4.98 Å². The van der Waals surface area contributed by atoms with E-state index in [0.29, 0.717) is 17.1 Å². The van der Waals surface area contributed by atoms with Crippen molar-refractivity contribution in [3.05, 3.63) is 57.9 Å². The van der Waals surface area contributed by atoms with Gasteiger partial charge < -0.3 is 4.90 Å². The molecule has 26 heavy (non-hydrogen) atoms. The normalized spacial score (nSPS) is 11.3. The third-order valence-corrected chi connectivity index (χ3v) is 4.70. The van der Waals surface area contributed by atoms with Crippen LogP contribution in [0.15, 0.2) is 30.3 Å². The molecule has 0 bridgehead atoms. The van der Waals surface area contributed by atoms with Gasteiger partial charge in [-0.05, 0) is 36.6 Å². The number of hydrogen-bond donors (Lipinski definition) is 0. The predicted molar refractivity (Wildman–Crippen MR) is 105 cm³/mol. The van der Waals surface area contributed by atoms with Crippen LogP contribution >= 0.6 is 11.6 Å². The highest BCUT2D eigenvalue weighted by Gasteiger charge is 2.22. The Morgan fingerprint density at radius 2 is 2.04 bits per heavy atom. The first-order valence-corrected chi connectivity index (χ1v) is 9.00. The van der Waals surface area contributed by atoms with Crippen LogP contribution in [0.4, 0.5) is 0 Å². The van der Waals surface area contributed by atoms with Gasteiger partial charge in [0.05, 0.1) is 16.6 Å². The fraction of sp³-hybridized carbons (Fsp3) is 0.350. The van der Waals surface area contributed by atoms with Crippen LogP contribution in [0.2, 0.25) is 5.02 Å². The minimum atomic E-state index is -0.0459. The molecule has 2 aromatic heterocycles. The molecule has 1 aromatic carbocycles. The standard InChI is InChI=1S/C20H23ClN4O/c1-12(2)17-10-16(18-13(3)23-25(5)19(18)22-17)20(26)24(4)11-14-7-6-8-15(21)9-14/h6-10,12H,11H2,1-5H3. The summed E-state index contributed by atoms with van der Waals surface area (Å²) >= 11 is 6.06. The van der Waals surface area contributed by atoms with Gasteiger partial charge in [0.15, 0.2) is 5.65 Å². The lowest BCUT2D eigenvalue weighted by Gasteiger charge is -2.19. The first-order chi connectivity index (χ1) is 12.3. The van der Waals surface area contributed by atoms with Crippen molar-refractivity contribution in [2.75, 3.05) is 7.05 Å². The van der Waals surface area contributed by atoms with Gasteiger partial charge in [-0.1, -0.05) is 37.6 Å². The van der Waals surface area contributed by atoms with Crippen LogP contribution in [0, 0.1) is 6.92 Å². The highest BCUT2D eigenvalue weighted by Crippen LogP contribution is 2.26. The molecule has 6 heteroatoms. The number of benzene rings is 1. The van der Waals surface area contributed by atoms with Crippen molar-refractivity contribution < 1.29 is 4.79 Å². The van der Waals surface area contributed by atoms with Gasteiger partial charge >= 0.3 is 0 Å². The highest BCUT2D eigenvalue weighted by atomic mass is 35.5. The van der Waals surface area contributed by atoms with Crippen molar-refractivity contribution in [1.82, 2.24) is 19.7 Å². The summed E-state index contributed by atoms with van der Waals surface area (Å²) in [6, 6.07) is 9.46. The number of aromatic nitrogens is 3. The molecule has 0 atom stereocenters. The Kier molecular flexibility index (Phi) is 5.01. The number of carbonyl (C=O) groups excluding carboxylic acids is 1. The first-order valence-electron chi connectivity index (χ1n) is 8.62. The number of hydrogen-bond acceptors (Lipinski definition) is 3. The predicted octanol–water partition coefficient (Wildman–Crippen LogP) is 4.33. The van der Waals surface area contributed by atoms with Crippen LogP contribution < -0.4 is 0 Å². The second-order valence-corrected chi connectivity index (χ2v) is 7.38. The monoisotopic (exact) mass is 370 g/mol. The van der Waals surface area contributed by atoms with E-state index in [0.717, 1.165) is 28.0 Å². The fourth-order valence-corrected chi connectivity index (χ4v) is 3.33. The number of amides is 1. The van der Waals surface area contributed by atoms with Crippen molar-refractivity contribution in [2.24, 2.45) is 7.05 Å².